The second kappa shape index (κ2) is 4.69. The van der Waals surface area contributed by atoms with Gasteiger partial charge in [0.2, 0.25) is 0 Å². The van der Waals surface area contributed by atoms with E-state index in [-0.39, 0.29) is 18.0 Å². The molecule has 2 atom stereocenters. The van der Waals surface area contributed by atoms with Gasteiger partial charge in [0.1, 0.15) is 6.10 Å². The molecule has 1 aliphatic carbocycles. The molecule has 2 heteroatoms. The number of ether oxygens (including phenoxy) is 1. The van der Waals surface area contributed by atoms with E-state index in [4.69, 9.17) is 4.74 Å². The second-order valence-electron chi connectivity index (χ2n) is 4.60. The predicted octanol–water partition coefficient (Wildman–Crippen LogP) is 3.16. The van der Waals surface area contributed by atoms with Gasteiger partial charge < -0.3 is 4.74 Å². The van der Waals surface area contributed by atoms with Gasteiger partial charge in [-0.25, -0.2) is 4.79 Å². The first kappa shape index (κ1) is 11.2. The van der Waals surface area contributed by atoms with Crippen LogP contribution in [0.15, 0.2) is 36.0 Å². The molecule has 1 fully saturated rings. The van der Waals surface area contributed by atoms with E-state index in [1.807, 2.05) is 0 Å². The molecule has 0 unspecified atom stereocenters. The summed E-state index contributed by atoms with van der Waals surface area (Å²) >= 11 is 0. The molecular formula is C14H18O2. The average Bonchev–Trinajstić information content (AvgIpc) is 2.50. The van der Waals surface area contributed by atoms with E-state index in [9.17, 15) is 4.79 Å². The van der Waals surface area contributed by atoms with Gasteiger partial charge in [0.15, 0.2) is 0 Å². The maximum absolute atomic E-state index is 11.5. The van der Waals surface area contributed by atoms with Gasteiger partial charge in [0, 0.05) is 11.5 Å². The van der Waals surface area contributed by atoms with Gasteiger partial charge in [-0.3, -0.25) is 0 Å². The third-order valence-electron chi connectivity index (χ3n) is 3.31. The third-order valence-corrected chi connectivity index (χ3v) is 3.31. The van der Waals surface area contributed by atoms with Crippen molar-refractivity contribution in [1.29, 1.82) is 0 Å². The lowest BCUT2D eigenvalue weighted by Crippen LogP contribution is -2.14. The van der Waals surface area contributed by atoms with Crippen molar-refractivity contribution in [3.05, 3.63) is 36.0 Å². The fourth-order valence-electron chi connectivity index (χ4n) is 2.31. The summed E-state index contributed by atoms with van der Waals surface area (Å²) in [6.45, 7) is 5.94. The van der Waals surface area contributed by atoms with Gasteiger partial charge in [-0.1, -0.05) is 24.3 Å². The monoisotopic (exact) mass is 218 g/mol. The summed E-state index contributed by atoms with van der Waals surface area (Å²) in [5.74, 6) is -0.0486. The van der Waals surface area contributed by atoms with Crippen LogP contribution in [0.4, 0.5) is 0 Å². The molecule has 0 amide bonds. The smallest absolute Gasteiger partial charge is 0.334 e. The molecule has 0 N–H and O–H groups in total. The number of carbonyl (C=O) groups excluding carboxylic acids is 1. The molecule has 0 spiro atoms. The number of esters is 1. The minimum Gasteiger partial charge on any atom is -0.454 e. The molecule has 0 bridgehead atoms. The van der Waals surface area contributed by atoms with Crippen molar-refractivity contribution in [3.8, 4) is 0 Å². The number of rotatable bonds is 0. The Morgan fingerprint density at radius 1 is 1.38 bits per heavy atom. The summed E-state index contributed by atoms with van der Waals surface area (Å²) in [6, 6.07) is 0. The lowest BCUT2D eigenvalue weighted by atomic mass is 9.90. The molecule has 1 heterocycles. The maximum Gasteiger partial charge on any atom is 0.334 e. The first-order valence-corrected chi connectivity index (χ1v) is 5.90. The Morgan fingerprint density at radius 2 is 2.12 bits per heavy atom. The van der Waals surface area contributed by atoms with Crippen molar-refractivity contribution >= 4 is 5.97 Å². The number of fused-ring (bicyclic) bond motifs is 1. The highest BCUT2D eigenvalue weighted by atomic mass is 16.5. The van der Waals surface area contributed by atoms with Crippen molar-refractivity contribution in [2.45, 2.75) is 38.7 Å². The van der Waals surface area contributed by atoms with E-state index in [1.54, 1.807) is 0 Å². The summed E-state index contributed by atoms with van der Waals surface area (Å²) in [7, 11) is 0. The Kier molecular flexibility index (Phi) is 3.28. The third kappa shape index (κ3) is 2.26. The van der Waals surface area contributed by atoms with Crippen LogP contribution < -0.4 is 0 Å². The molecule has 1 aliphatic heterocycles. The number of carbonyl (C=O) groups is 1. The van der Waals surface area contributed by atoms with Crippen molar-refractivity contribution < 1.29 is 9.53 Å². The van der Waals surface area contributed by atoms with Crippen LogP contribution in [-0.2, 0) is 9.53 Å². The van der Waals surface area contributed by atoms with E-state index < -0.39 is 0 Å². The summed E-state index contributed by atoms with van der Waals surface area (Å²) in [5.41, 5.74) is 1.94. The Balaban J connectivity index is 2.21. The van der Waals surface area contributed by atoms with Crippen molar-refractivity contribution in [3.63, 3.8) is 0 Å². The molecule has 0 saturated carbocycles. The lowest BCUT2D eigenvalue weighted by Gasteiger charge is -2.15. The maximum atomic E-state index is 11.5. The van der Waals surface area contributed by atoms with Gasteiger partial charge >= 0.3 is 5.97 Å². The van der Waals surface area contributed by atoms with Crippen LogP contribution in [-0.4, -0.2) is 12.1 Å². The summed E-state index contributed by atoms with van der Waals surface area (Å²) in [5, 5.41) is 0. The summed E-state index contributed by atoms with van der Waals surface area (Å²) in [4.78, 5) is 11.5. The van der Waals surface area contributed by atoms with E-state index in [1.165, 1.54) is 5.57 Å². The first-order valence-electron chi connectivity index (χ1n) is 5.90. The van der Waals surface area contributed by atoms with Crippen LogP contribution in [0.1, 0.15) is 32.6 Å². The molecule has 0 aromatic carbocycles. The van der Waals surface area contributed by atoms with Crippen molar-refractivity contribution in [2.75, 3.05) is 0 Å². The van der Waals surface area contributed by atoms with Crippen LogP contribution in [0, 0.1) is 5.92 Å². The van der Waals surface area contributed by atoms with E-state index in [2.05, 4.69) is 31.7 Å². The highest BCUT2D eigenvalue weighted by Gasteiger charge is 2.36. The van der Waals surface area contributed by atoms with Crippen molar-refractivity contribution in [1.82, 2.24) is 0 Å². The molecule has 0 aromatic rings. The van der Waals surface area contributed by atoms with E-state index in [0.717, 1.165) is 25.7 Å². The van der Waals surface area contributed by atoms with E-state index >= 15 is 0 Å². The highest BCUT2D eigenvalue weighted by Crippen LogP contribution is 2.32. The number of hydrogen-bond acceptors (Lipinski definition) is 2. The van der Waals surface area contributed by atoms with Crippen LogP contribution in [0.5, 0.6) is 0 Å². The largest absolute Gasteiger partial charge is 0.454 e. The summed E-state index contributed by atoms with van der Waals surface area (Å²) in [6.07, 6.45) is 10.5. The molecule has 16 heavy (non-hydrogen) atoms. The number of allylic oxidation sites excluding steroid dienone is 3. The van der Waals surface area contributed by atoms with E-state index in [0.29, 0.717) is 5.57 Å². The molecule has 1 saturated heterocycles. The minimum atomic E-state index is -0.220. The van der Waals surface area contributed by atoms with Crippen molar-refractivity contribution in [2.24, 2.45) is 5.92 Å². The zero-order chi connectivity index (χ0) is 11.5. The van der Waals surface area contributed by atoms with Crippen LogP contribution >= 0.6 is 0 Å². The zero-order valence-corrected chi connectivity index (χ0v) is 9.74. The molecule has 0 aromatic heterocycles. The zero-order valence-electron chi connectivity index (χ0n) is 9.74. The number of hydrogen-bond donors (Lipinski definition) is 0. The molecule has 0 radical (unpaired) electrons. The average molecular weight is 218 g/mol. The van der Waals surface area contributed by atoms with Gasteiger partial charge in [-0.15, -0.1) is 0 Å². The fourth-order valence-corrected chi connectivity index (χ4v) is 2.31. The van der Waals surface area contributed by atoms with Gasteiger partial charge in [-0.2, -0.15) is 0 Å². The van der Waals surface area contributed by atoms with Crippen LogP contribution in [0.3, 0.4) is 0 Å². The Bertz CT molecular complexity index is 363. The Hall–Kier alpha value is -1.31. The highest BCUT2D eigenvalue weighted by molar-refractivity contribution is 5.91. The molecule has 2 nitrogen and oxygen atoms in total. The topological polar surface area (TPSA) is 26.3 Å². The Morgan fingerprint density at radius 3 is 2.94 bits per heavy atom. The van der Waals surface area contributed by atoms with Gasteiger partial charge in [0.25, 0.3) is 0 Å². The lowest BCUT2D eigenvalue weighted by molar-refractivity contribution is -0.137. The van der Waals surface area contributed by atoms with Crippen LogP contribution in [0.25, 0.3) is 0 Å². The SMILES string of the molecule is C=C1C(=O)O[C@@H]2/C=C(\C)CC/C=C/CC[C@@H]12. The van der Waals surface area contributed by atoms with Gasteiger partial charge in [-0.05, 0) is 38.7 Å². The minimum absolute atomic E-state index is 0.0773. The predicted molar refractivity (Wildman–Crippen MR) is 63.9 cm³/mol. The molecule has 2 rings (SSSR count). The normalized spacial score (nSPS) is 35.9. The quantitative estimate of drug-likeness (QED) is 0.354. The first-order chi connectivity index (χ1) is 7.68. The molecular weight excluding hydrogens is 200 g/mol. The van der Waals surface area contributed by atoms with Crippen LogP contribution in [0.2, 0.25) is 0 Å². The standard InChI is InChI=1S/C14H18O2/c1-10-7-5-3-4-6-8-12-11(2)14(15)16-13(12)9-10/h3-4,9,12-13H,2,5-8H2,1H3/b4-3+,10-9+/t12-,13+/m0/s1. The molecule has 86 valence electrons. The fraction of sp³-hybridized carbons (Fsp3) is 0.500. The second-order valence-corrected chi connectivity index (χ2v) is 4.60. The Labute approximate surface area is 96.7 Å². The molecule has 2 aliphatic rings. The van der Waals surface area contributed by atoms with Gasteiger partial charge in [0.05, 0.1) is 0 Å². The summed E-state index contributed by atoms with van der Waals surface area (Å²) < 4.78 is 5.34.